The number of carbonyl (C=O) groups excluding carboxylic acids is 1. The van der Waals surface area contributed by atoms with Crippen LogP contribution in [0, 0.1) is 0 Å². The Balaban J connectivity index is 2.00. The predicted octanol–water partition coefficient (Wildman–Crippen LogP) is 2.78. The number of hydrogen-bond donors (Lipinski definition) is 2. The van der Waals surface area contributed by atoms with Crippen LogP contribution in [0.15, 0.2) is 27.1 Å². The maximum absolute atomic E-state index is 12.0. The van der Waals surface area contributed by atoms with Crippen molar-refractivity contribution in [2.45, 2.75) is 25.0 Å². The highest BCUT2D eigenvalue weighted by atomic mass is 79.9. The minimum atomic E-state index is -1.03. The lowest BCUT2D eigenvalue weighted by Gasteiger charge is -2.13. The summed E-state index contributed by atoms with van der Waals surface area (Å²) in [5, 5.41) is 11.5. The van der Waals surface area contributed by atoms with Crippen molar-refractivity contribution < 1.29 is 19.4 Å². The first-order chi connectivity index (χ1) is 8.97. The molecule has 5 nitrogen and oxygen atoms in total. The van der Waals surface area contributed by atoms with Gasteiger partial charge in [0.1, 0.15) is 6.10 Å². The van der Waals surface area contributed by atoms with Crippen LogP contribution in [-0.2, 0) is 14.3 Å². The molecule has 0 saturated carbocycles. The Morgan fingerprint density at radius 3 is 2.53 bits per heavy atom. The van der Waals surface area contributed by atoms with Gasteiger partial charge in [0.2, 0.25) is 0 Å². The molecule has 0 aliphatic carbocycles. The molecule has 1 aliphatic heterocycles. The van der Waals surface area contributed by atoms with Crippen LogP contribution in [0.25, 0.3) is 0 Å². The fraction of sp³-hybridized carbons (Fsp3) is 0.333. The van der Waals surface area contributed by atoms with E-state index in [1.165, 1.54) is 0 Å². The minimum Gasteiger partial charge on any atom is -0.479 e. The number of hydrogen-bond acceptors (Lipinski definition) is 3. The van der Waals surface area contributed by atoms with Gasteiger partial charge >= 0.3 is 5.97 Å². The summed E-state index contributed by atoms with van der Waals surface area (Å²) in [6, 6.07) is 5.36. The highest BCUT2D eigenvalue weighted by Crippen LogP contribution is 2.27. The smallest absolute Gasteiger partial charge is 0.332 e. The molecule has 0 bridgehead atoms. The second-order valence-corrected chi connectivity index (χ2v) is 5.91. The summed E-state index contributed by atoms with van der Waals surface area (Å²) in [6.45, 7) is 0. The number of carboxylic acids is 1. The van der Waals surface area contributed by atoms with E-state index in [-0.39, 0.29) is 5.91 Å². The molecule has 2 atom stereocenters. The number of carbonyl (C=O) groups is 2. The average Bonchev–Trinajstić information content (AvgIpc) is 2.82. The molecule has 1 heterocycles. The molecule has 19 heavy (non-hydrogen) atoms. The van der Waals surface area contributed by atoms with E-state index in [1.807, 2.05) is 6.07 Å². The van der Waals surface area contributed by atoms with Crippen LogP contribution in [0.4, 0.5) is 5.69 Å². The molecule has 0 aromatic heterocycles. The molecule has 1 amide bonds. The van der Waals surface area contributed by atoms with Gasteiger partial charge in [0.05, 0.1) is 5.69 Å². The molecular weight excluding hydrogens is 382 g/mol. The average molecular weight is 393 g/mol. The van der Waals surface area contributed by atoms with Crippen LogP contribution in [0.2, 0.25) is 0 Å². The van der Waals surface area contributed by atoms with Gasteiger partial charge in [-0.3, -0.25) is 4.79 Å². The molecular formula is C12H11Br2NO4. The Morgan fingerprint density at radius 1 is 1.26 bits per heavy atom. The van der Waals surface area contributed by atoms with E-state index in [0.29, 0.717) is 18.5 Å². The summed E-state index contributed by atoms with van der Waals surface area (Å²) in [7, 11) is 0. The number of amides is 1. The zero-order valence-electron chi connectivity index (χ0n) is 9.73. The van der Waals surface area contributed by atoms with Crippen molar-refractivity contribution in [1.82, 2.24) is 0 Å². The van der Waals surface area contributed by atoms with E-state index in [9.17, 15) is 9.59 Å². The zero-order chi connectivity index (χ0) is 14.0. The molecule has 102 valence electrons. The second-order valence-electron chi connectivity index (χ2n) is 4.14. The van der Waals surface area contributed by atoms with Crippen LogP contribution in [0.1, 0.15) is 12.8 Å². The third kappa shape index (κ3) is 3.55. The Bertz CT molecular complexity index is 520. The maximum atomic E-state index is 12.0. The number of ether oxygens (including phenoxy) is 1. The zero-order valence-corrected chi connectivity index (χ0v) is 12.9. The number of benzene rings is 1. The Kier molecular flexibility index (Phi) is 4.59. The Labute approximate surface area is 126 Å². The molecule has 0 spiro atoms. The second kappa shape index (κ2) is 6.02. The van der Waals surface area contributed by atoms with Gasteiger partial charge in [0.25, 0.3) is 5.91 Å². The first kappa shape index (κ1) is 14.5. The highest BCUT2D eigenvalue weighted by molar-refractivity contribution is 9.11. The van der Waals surface area contributed by atoms with Crippen LogP contribution in [-0.4, -0.2) is 29.2 Å². The summed E-state index contributed by atoms with van der Waals surface area (Å²) in [5.74, 6) is -1.35. The SMILES string of the molecule is O=C(O)C1CCC(C(=O)Nc2ccc(Br)cc2Br)O1. The number of halogens is 2. The molecule has 1 aromatic carbocycles. The maximum Gasteiger partial charge on any atom is 0.332 e. The summed E-state index contributed by atoms with van der Waals surface area (Å²) in [5.41, 5.74) is 0.621. The van der Waals surface area contributed by atoms with Gasteiger partial charge in [-0.1, -0.05) is 15.9 Å². The van der Waals surface area contributed by atoms with Crippen molar-refractivity contribution in [2.75, 3.05) is 5.32 Å². The fourth-order valence-corrected chi connectivity index (χ4v) is 2.96. The lowest BCUT2D eigenvalue weighted by Crippen LogP contribution is -2.30. The quantitative estimate of drug-likeness (QED) is 0.829. The molecule has 1 aromatic rings. The minimum absolute atomic E-state index is 0.327. The van der Waals surface area contributed by atoms with Crippen molar-refractivity contribution in [3.63, 3.8) is 0 Å². The number of aliphatic carboxylic acids is 1. The van der Waals surface area contributed by atoms with Crippen molar-refractivity contribution >= 4 is 49.4 Å². The largest absolute Gasteiger partial charge is 0.479 e. The van der Waals surface area contributed by atoms with Gasteiger partial charge in [-0.2, -0.15) is 0 Å². The molecule has 7 heteroatoms. The standard InChI is InChI=1S/C12H11Br2NO4/c13-6-1-2-8(7(14)5-6)15-11(16)9-3-4-10(19-9)12(17)18/h1-2,5,9-10H,3-4H2,(H,15,16)(H,17,18). The third-order valence-electron chi connectivity index (χ3n) is 2.78. The van der Waals surface area contributed by atoms with Crippen LogP contribution in [0.3, 0.4) is 0 Å². The van der Waals surface area contributed by atoms with Crippen molar-refractivity contribution in [3.8, 4) is 0 Å². The van der Waals surface area contributed by atoms with E-state index >= 15 is 0 Å². The first-order valence-corrected chi connectivity index (χ1v) is 7.20. The van der Waals surface area contributed by atoms with Crippen LogP contribution < -0.4 is 5.32 Å². The van der Waals surface area contributed by atoms with Crippen molar-refractivity contribution in [1.29, 1.82) is 0 Å². The predicted molar refractivity (Wildman–Crippen MR) is 76.0 cm³/mol. The van der Waals surface area contributed by atoms with Gasteiger partial charge in [-0.05, 0) is 47.0 Å². The van der Waals surface area contributed by atoms with E-state index in [0.717, 1.165) is 8.95 Å². The van der Waals surface area contributed by atoms with Gasteiger partial charge in [-0.15, -0.1) is 0 Å². The molecule has 0 radical (unpaired) electrons. The Hall–Kier alpha value is -0.920. The first-order valence-electron chi connectivity index (χ1n) is 5.61. The topological polar surface area (TPSA) is 75.6 Å². The molecule has 1 aliphatic rings. The molecule has 1 fully saturated rings. The van der Waals surface area contributed by atoms with Crippen LogP contribution >= 0.6 is 31.9 Å². The lowest BCUT2D eigenvalue weighted by atomic mass is 10.2. The normalized spacial score (nSPS) is 22.2. The van der Waals surface area contributed by atoms with E-state index in [1.54, 1.807) is 12.1 Å². The number of rotatable bonds is 3. The Morgan fingerprint density at radius 2 is 1.95 bits per heavy atom. The monoisotopic (exact) mass is 391 g/mol. The van der Waals surface area contributed by atoms with E-state index in [4.69, 9.17) is 9.84 Å². The van der Waals surface area contributed by atoms with Crippen molar-refractivity contribution in [2.24, 2.45) is 0 Å². The lowest BCUT2D eigenvalue weighted by molar-refractivity contribution is -0.150. The van der Waals surface area contributed by atoms with Gasteiger partial charge in [0.15, 0.2) is 6.10 Å². The molecule has 2 unspecified atom stereocenters. The summed E-state index contributed by atoms with van der Waals surface area (Å²) in [6.07, 6.45) is -0.827. The summed E-state index contributed by atoms with van der Waals surface area (Å²) < 4.78 is 6.81. The number of carboxylic acid groups (broad SMARTS) is 1. The highest BCUT2D eigenvalue weighted by Gasteiger charge is 2.34. The third-order valence-corrected chi connectivity index (χ3v) is 3.93. The van der Waals surface area contributed by atoms with Gasteiger partial charge in [0, 0.05) is 8.95 Å². The summed E-state index contributed by atoms with van der Waals surface area (Å²) in [4.78, 5) is 22.7. The van der Waals surface area contributed by atoms with E-state index < -0.39 is 18.2 Å². The van der Waals surface area contributed by atoms with E-state index in [2.05, 4.69) is 37.2 Å². The molecule has 2 N–H and O–H groups in total. The number of anilines is 1. The van der Waals surface area contributed by atoms with Gasteiger partial charge < -0.3 is 15.2 Å². The molecule has 2 rings (SSSR count). The van der Waals surface area contributed by atoms with Gasteiger partial charge in [-0.25, -0.2) is 4.79 Å². The molecule has 1 saturated heterocycles. The van der Waals surface area contributed by atoms with Crippen molar-refractivity contribution in [3.05, 3.63) is 27.1 Å². The van der Waals surface area contributed by atoms with Crippen LogP contribution in [0.5, 0.6) is 0 Å². The number of nitrogens with one attached hydrogen (secondary N) is 1. The fourth-order valence-electron chi connectivity index (χ4n) is 1.82. The summed E-state index contributed by atoms with van der Waals surface area (Å²) >= 11 is 6.66.